The van der Waals surface area contributed by atoms with Gasteiger partial charge in [-0.3, -0.25) is 9.59 Å². The third-order valence-corrected chi connectivity index (χ3v) is 4.21. The van der Waals surface area contributed by atoms with E-state index in [9.17, 15) is 22.8 Å². The summed E-state index contributed by atoms with van der Waals surface area (Å²) in [6.07, 6.45) is -0.808. The van der Waals surface area contributed by atoms with Crippen molar-refractivity contribution >= 4 is 29.5 Å². The van der Waals surface area contributed by atoms with Gasteiger partial charge in [-0.2, -0.15) is 13.2 Å². The fourth-order valence-electron chi connectivity index (χ4n) is 2.52. The molecule has 1 aromatic carbocycles. The second kappa shape index (κ2) is 7.25. The summed E-state index contributed by atoms with van der Waals surface area (Å²) in [6, 6.07) is 2.90. The van der Waals surface area contributed by atoms with Gasteiger partial charge in [-0.1, -0.05) is 11.6 Å². The first-order valence-electron chi connectivity index (χ1n) is 7.31. The Hall–Kier alpha value is -2.02. The molecule has 0 bridgehead atoms. The predicted octanol–water partition coefficient (Wildman–Crippen LogP) is 3.10. The molecule has 2 N–H and O–H groups in total. The monoisotopic (exact) mass is 360 g/mol. The second-order valence-electron chi connectivity index (χ2n) is 5.59. The highest BCUT2D eigenvalue weighted by Crippen LogP contribution is 2.32. The van der Waals surface area contributed by atoms with Crippen LogP contribution in [0.2, 0.25) is 5.02 Å². The van der Waals surface area contributed by atoms with E-state index >= 15 is 0 Å². The first kappa shape index (κ1) is 18.3. The van der Waals surface area contributed by atoms with Crippen LogP contribution in [0.1, 0.15) is 24.0 Å². The molecule has 24 heavy (non-hydrogen) atoms. The van der Waals surface area contributed by atoms with Crippen LogP contribution in [-0.2, 0) is 15.8 Å². The number of rotatable bonds is 3. The summed E-state index contributed by atoms with van der Waals surface area (Å²) in [4.78, 5) is 24.8. The fraction of sp³-hybridized carbons (Fsp3) is 0.375. The van der Waals surface area contributed by atoms with Crippen molar-refractivity contribution in [3.63, 3.8) is 0 Å². The van der Waals surface area contributed by atoms with Gasteiger partial charge in [0.15, 0.2) is 0 Å². The lowest BCUT2D eigenvalue weighted by Crippen LogP contribution is -2.43. The maximum absolute atomic E-state index is 12.7. The normalized spacial score (nSPS) is 18.8. The number of nitrogens with two attached hydrogens (primary N) is 1. The molecule has 1 atom stereocenters. The largest absolute Gasteiger partial charge is 0.416 e. The van der Waals surface area contributed by atoms with Crippen molar-refractivity contribution in [3.05, 3.63) is 40.4 Å². The van der Waals surface area contributed by atoms with E-state index in [0.717, 1.165) is 24.3 Å². The average molecular weight is 361 g/mol. The van der Waals surface area contributed by atoms with Gasteiger partial charge in [0, 0.05) is 24.2 Å². The molecule has 1 fully saturated rings. The minimum absolute atomic E-state index is 0.100. The van der Waals surface area contributed by atoms with E-state index in [1.807, 2.05) is 0 Å². The summed E-state index contributed by atoms with van der Waals surface area (Å²) in [5, 5.41) is 0.112. The number of nitrogens with zero attached hydrogens (tertiary/aromatic N) is 1. The number of alkyl halides is 3. The number of halogens is 4. The number of hydrogen-bond donors (Lipinski definition) is 1. The van der Waals surface area contributed by atoms with Crippen LogP contribution in [0.15, 0.2) is 24.3 Å². The Morgan fingerprint density at radius 2 is 2.04 bits per heavy atom. The molecule has 0 radical (unpaired) electrons. The molecular formula is C16H16ClF3N2O2. The van der Waals surface area contributed by atoms with Gasteiger partial charge < -0.3 is 10.6 Å². The minimum Gasteiger partial charge on any atom is -0.369 e. The molecular weight excluding hydrogens is 345 g/mol. The van der Waals surface area contributed by atoms with Gasteiger partial charge in [0.05, 0.1) is 11.5 Å². The first-order valence-corrected chi connectivity index (χ1v) is 7.69. The highest BCUT2D eigenvalue weighted by molar-refractivity contribution is 6.32. The molecule has 0 saturated carbocycles. The third kappa shape index (κ3) is 4.50. The summed E-state index contributed by atoms with van der Waals surface area (Å²) in [5.74, 6) is -1.25. The standard InChI is InChI=1S/C16H16ClF3N2O2/c17-13-5-4-12(16(18,19)20)8-10(13)3-6-14(23)22-7-1-2-11(9-22)15(21)24/h3-6,8,11H,1-2,7,9H2,(H2,21,24)/b6-3+. The zero-order chi connectivity index (χ0) is 17.9. The molecule has 1 heterocycles. The Morgan fingerprint density at radius 1 is 1.33 bits per heavy atom. The van der Waals surface area contributed by atoms with Crippen molar-refractivity contribution in [2.24, 2.45) is 11.7 Å². The molecule has 4 nitrogen and oxygen atoms in total. The van der Waals surface area contributed by atoms with Gasteiger partial charge in [0.2, 0.25) is 11.8 Å². The average Bonchev–Trinajstić information content (AvgIpc) is 2.52. The fourth-order valence-corrected chi connectivity index (χ4v) is 2.70. The van der Waals surface area contributed by atoms with E-state index in [4.69, 9.17) is 17.3 Å². The van der Waals surface area contributed by atoms with E-state index < -0.39 is 29.5 Å². The van der Waals surface area contributed by atoms with E-state index in [0.29, 0.717) is 19.4 Å². The molecule has 130 valence electrons. The van der Waals surface area contributed by atoms with Crippen LogP contribution in [0.25, 0.3) is 6.08 Å². The van der Waals surface area contributed by atoms with Crippen molar-refractivity contribution < 1.29 is 22.8 Å². The molecule has 1 aliphatic rings. The Balaban J connectivity index is 2.12. The van der Waals surface area contributed by atoms with Crippen LogP contribution < -0.4 is 5.73 Å². The zero-order valence-corrected chi connectivity index (χ0v) is 13.4. The van der Waals surface area contributed by atoms with Crippen molar-refractivity contribution in [1.29, 1.82) is 0 Å². The van der Waals surface area contributed by atoms with Gasteiger partial charge in [-0.15, -0.1) is 0 Å². The molecule has 0 aliphatic carbocycles. The summed E-state index contributed by atoms with van der Waals surface area (Å²) >= 11 is 5.88. The lowest BCUT2D eigenvalue weighted by Gasteiger charge is -2.30. The van der Waals surface area contributed by atoms with Gasteiger partial charge in [-0.25, -0.2) is 0 Å². The highest BCUT2D eigenvalue weighted by Gasteiger charge is 2.30. The molecule has 1 aliphatic heterocycles. The molecule has 2 amide bonds. The van der Waals surface area contributed by atoms with E-state index in [2.05, 4.69) is 0 Å². The smallest absolute Gasteiger partial charge is 0.369 e. The van der Waals surface area contributed by atoms with Crippen LogP contribution in [-0.4, -0.2) is 29.8 Å². The maximum Gasteiger partial charge on any atom is 0.416 e. The van der Waals surface area contributed by atoms with Crippen LogP contribution in [0, 0.1) is 5.92 Å². The van der Waals surface area contributed by atoms with Crippen LogP contribution in [0.5, 0.6) is 0 Å². The Labute approximate surface area is 142 Å². The van der Waals surface area contributed by atoms with Crippen molar-refractivity contribution in [3.8, 4) is 0 Å². The lowest BCUT2D eigenvalue weighted by atomic mass is 9.97. The van der Waals surface area contributed by atoms with E-state index in [1.54, 1.807) is 0 Å². The molecule has 8 heteroatoms. The third-order valence-electron chi connectivity index (χ3n) is 3.86. The number of benzene rings is 1. The number of hydrogen-bond acceptors (Lipinski definition) is 2. The molecule has 0 spiro atoms. The minimum atomic E-state index is -4.49. The van der Waals surface area contributed by atoms with E-state index in [-0.39, 0.29) is 17.1 Å². The molecule has 2 rings (SSSR count). The van der Waals surface area contributed by atoms with Gasteiger partial charge in [0.1, 0.15) is 0 Å². The Bertz CT molecular complexity index is 674. The summed E-state index contributed by atoms with van der Waals surface area (Å²) in [5.41, 5.74) is 4.51. The maximum atomic E-state index is 12.7. The molecule has 1 saturated heterocycles. The second-order valence-corrected chi connectivity index (χ2v) is 6.00. The molecule has 1 aromatic rings. The van der Waals surface area contributed by atoms with Crippen molar-refractivity contribution in [2.75, 3.05) is 13.1 Å². The van der Waals surface area contributed by atoms with Crippen LogP contribution in [0.4, 0.5) is 13.2 Å². The van der Waals surface area contributed by atoms with Gasteiger partial charge >= 0.3 is 6.18 Å². The topological polar surface area (TPSA) is 63.4 Å². The lowest BCUT2D eigenvalue weighted by molar-refractivity contribution is -0.137. The van der Waals surface area contributed by atoms with E-state index in [1.165, 1.54) is 11.0 Å². The van der Waals surface area contributed by atoms with Gasteiger partial charge in [-0.05, 0) is 42.7 Å². The number of carbonyl (C=O) groups is 2. The molecule has 0 aromatic heterocycles. The molecule has 1 unspecified atom stereocenters. The van der Waals surface area contributed by atoms with Crippen LogP contribution >= 0.6 is 11.6 Å². The van der Waals surface area contributed by atoms with Gasteiger partial charge in [0.25, 0.3) is 0 Å². The summed E-state index contributed by atoms with van der Waals surface area (Å²) in [7, 11) is 0. The highest BCUT2D eigenvalue weighted by atomic mass is 35.5. The summed E-state index contributed by atoms with van der Waals surface area (Å²) < 4.78 is 38.2. The SMILES string of the molecule is NC(=O)C1CCCN(C(=O)/C=C/c2cc(C(F)(F)F)ccc2Cl)C1. The number of piperidine rings is 1. The Morgan fingerprint density at radius 3 is 2.67 bits per heavy atom. The number of primary amides is 1. The number of likely N-dealkylation sites (tertiary alicyclic amines) is 1. The quantitative estimate of drug-likeness (QED) is 0.842. The van der Waals surface area contributed by atoms with Crippen molar-refractivity contribution in [1.82, 2.24) is 4.90 Å². The Kier molecular flexibility index (Phi) is 5.54. The number of carbonyl (C=O) groups excluding carboxylic acids is 2. The predicted molar refractivity (Wildman–Crippen MR) is 84.0 cm³/mol. The first-order chi connectivity index (χ1) is 11.2. The summed E-state index contributed by atoms with van der Waals surface area (Å²) in [6.45, 7) is 0.693. The number of amides is 2. The van der Waals surface area contributed by atoms with Crippen LogP contribution in [0.3, 0.4) is 0 Å². The zero-order valence-electron chi connectivity index (χ0n) is 12.6. The van der Waals surface area contributed by atoms with Crippen molar-refractivity contribution in [2.45, 2.75) is 19.0 Å².